The topological polar surface area (TPSA) is 15.3 Å². The second-order valence-corrected chi connectivity index (χ2v) is 7.12. The number of fused-ring (bicyclic) bond motifs is 2. The molecule has 2 aliphatic heterocycles. The molecule has 2 fully saturated rings. The Hall–Kier alpha value is -1.02. The van der Waals surface area contributed by atoms with Crippen LogP contribution in [0.25, 0.3) is 0 Å². The van der Waals surface area contributed by atoms with Gasteiger partial charge in [0.25, 0.3) is 0 Å². The second kappa shape index (κ2) is 6.39. The summed E-state index contributed by atoms with van der Waals surface area (Å²) in [5, 5.41) is 3.68. The van der Waals surface area contributed by atoms with Gasteiger partial charge in [-0.15, -0.1) is 0 Å². The van der Waals surface area contributed by atoms with Crippen LogP contribution in [0.4, 0.5) is 5.69 Å². The smallest absolute Gasteiger partial charge is 0.0371 e. The van der Waals surface area contributed by atoms with Crippen molar-refractivity contribution in [3.05, 3.63) is 29.8 Å². The first-order valence-corrected chi connectivity index (χ1v) is 8.80. The number of nitrogens with zero attached hydrogens (tertiary/aromatic N) is 1. The zero-order valence-electron chi connectivity index (χ0n) is 13.8. The quantitative estimate of drug-likeness (QED) is 0.887. The summed E-state index contributed by atoms with van der Waals surface area (Å²) < 4.78 is 0. The normalized spacial score (nSPS) is 29.0. The molecule has 21 heavy (non-hydrogen) atoms. The minimum atomic E-state index is 0.623. The van der Waals surface area contributed by atoms with Gasteiger partial charge in [-0.05, 0) is 62.3 Å². The number of hydrogen-bond donors (Lipinski definition) is 1. The molecule has 0 amide bonds. The molecule has 0 aliphatic carbocycles. The molecule has 0 radical (unpaired) electrons. The lowest BCUT2D eigenvalue weighted by Gasteiger charge is -2.50. The summed E-state index contributed by atoms with van der Waals surface area (Å²) in [6.07, 6.45) is 6.77. The average Bonchev–Trinajstić information content (AvgIpc) is 2.47. The minimum Gasteiger partial charge on any atom is -0.365 e. The Morgan fingerprint density at radius 2 is 1.71 bits per heavy atom. The van der Waals surface area contributed by atoms with Crippen molar-refractivity contribution in [3.8, 4) is 0 Å². The van der Waals surface area contributed by atoms with Gasteiger partial charge in [0.05, 0.1) is 0 Å². The van der Waals surface area contributed by atoms with Crippen molar-refractivity contribution >= 4 is 5.69 Å². The fourth-order valence-electron chi connectivity index (χ4n) is 4.29. The minimum absolute atomic E-state index is 0.623. The lowest BCUT2D eigenvalue weighted by molar-refractivity contribution is 0.247. The fraction of sp³-hybridized carbons (Fsp3) is 0.684. The average molecular weight is 286 g/mol. The molecule has 116 valence electrons. The fourth-order valence-corrected chi connectivity index (χ4v) is 4.29. The van der Waals surface area contributed by atoms with Crippen molar-refractivity contribution in [1.82, 2.24) is 5.32 Å². The van der Waals surface area contributed by atoms with Crippen molar-refractivity contribution in [2.45, 2.75) is 76.9 Å². The third kappa shape index (κ3) is 3.11. The molecule has 2 saturated heterocycles. The molecule has 2 bridgehead atoms. The first-order chi connectivity index (χ1) is 10.2. The molecule has 1 N–H and O–H groups in total. The highest BCUT2D eigenvalue weighted by Crippen LogP contribution is 2.38. The van der Waals surface area contributed by atoms with Gasteiger partial charge in [-0.1, -0.05) is 32.9 Å². The molecule has 2 atom stereocenters. The van der Waals surface area contributed by atoms with E-state index in [4.69, 9.17) is 0 Å². The van der Waals surface area contributed by atoms with E-state index in [1.165, 1.54) is 43.4 Å². The Balaban J connectivity index is 1.78. The van der Waals surface area contributed by atoms with E-state index in [1.807, 2.05) is 0 Å². The van der Waals surface area contributed by atoms with E-state index in [-0.39, 0.29) is 0 Å². The van der Waals surface area contributed by atoms with Crippen LogP contribution in [0.5, 0.6) is 0 Å². The van der Waals surface area contributed by atoms with E-state index < -0.39 is 0 Å². The number of anilines is 1. The first kappa shape index (κ1) is 14.9. The van der Waals surface area contributed by atoms with E-state index in [1.54, 1.807) is 0 Å². The number of nitrogens with one attached hydrogen (secondary N) is 1. The van der Waals surface area contributed by atoms with Gasteiger partial charge in [-0.25, -0.2) is 0 Å². The van der Waals surface area contributed by atoms with Crippen LogP contribution in [-0.2, 0) is 0 Å². The van der Waals surface area contributed by atoms with Gasteiger partial charge in [0.2, 0.25) is 0 Å². The molecule has 2 unspecified atom stereocenters. The summed E-state index contributed by atoms with van der Waals surface area (Å²) in [5.41, 5.74) is 2.90. The Morgan fingerprint density at radius 3 is 2.24 bits per heavy atom. The lowest BCUT2D eigenvalue weighted by Crippen LogP contribution is -2.56. The van der Waals surface area contributed by atoms with Crippen molar-refractivity contribution in [1.29, 1.82) is 0 Å². The van der Waals surface area contributed by atoms with Crippen LogP contribution >= 0.6 is 0 Å². The molecule has 0 saturated carbocycles. The van der Waals surface area contributed by atoms with Crippen molar-refractivity contribution in [2.75, 3.05) is 11.4 Å². The largest absolute Gasteiger partial charge is 0.365 e. The van der Waals surface area contributed by atoms with Gasteiger partial charge in [0.1, 0.15) is 0 Å². The predicted octanol–water partition coefficient (Wildman–Crippen LogP) is 4.31. The van der Waals surface area contributed by atoms with Gasteiger partial charge in [0.15, 0.2) is 0 Å². The maximum atomic E-state index is 3.68. The van der Waals surface area contributed by atoms with Gasteiger partial charge in [-0.2, -0.15) is 0 Å². The molecule has 1 aromatic rings. The Morgan fingerprint density at radius 1 is 1.10 bits per heavy atom. The lowest BCUT2D eigenvalue weighted by atomic mass is 9.81. The number of piperidine rings is 2. The van der Waals surface area contributed by atoms with E-state index in [0.29, 0.717) is 5.92 Å². The molecule has 2 aliphatic rings. The highest BCUT2D eigenvalue weighted by Gasteiger charge is 2.37. The maximum absolute atomic E-state index is 3.68. The van der Waals surface area contributed by atoms with Crippen molar-refractivity contribution < 1.29 is 0 Å². The number of hydrogen-bond acceptors (Lipinski definition) is 2. The van der Waals surface area contributed by atoms with Crippen LogP contribution in [0.3, 0.4) is 0 Å². The van der Waals surface area contributed by atoms with E-state index in [2.05, 4.69) is 55.3 Å². The number of rotatable bonds is 4. The molecule has 1 aromatic carbocycles. The maximum Gasteiger partial charge on any atom is 0.0371 e. The summed E-state index contributed by atoms with van der Waals surface area (Å²) >= 11 is 0. The monoisotopic (exact) mass is 286 g/mol. The Kier molecular flexibility index (Phi) is 4.54. The van der Waals surface area contributed by atoms with Crippen LogP contribution in [0.1, 0.15) is 64.4 Å². The predicted molar refractivity (Wildman–Crippen MR) is 91.1 cm³/mol. The molecule has 2 nitrogen and oxygen atoms in total. The Bertz CT molecular complexity index is 437. The second-order valence-electron chi connectivity index (χ2n) is 7.12. The summed E-state index contributed by atoms with van der Waals surface area (Å²) in [7, 11) is 0. The van der Waals surface area contributed by atoms with Crippen LogP contribution in [0, 0.1) is 0 Å². The van der Waals surface area contributed by atoms with Crippen LogP contribution in [0.15, 0.2) is 24.3 Å². The molecule has 2 heterocycles. The van der Waals surface area contributed by atoms with Gasteiger partial charge in [-0.3, -0.25) is 0 Å². The van der Waals surface area contributed by atoms with Gasteiger partial charge in [0, 0.05) is 23.8 Å². The number of benzene rings is 1. The third-order valence-electron chi connectivity index (χ3n) is 5.33. The summed E-state index contributed by atoms with van der Waals surface area (Å²) in [5.74, 6) is 0.623. The van der Waals surface area contributed by atoms with Gasteiger partial charge >= 0.3 is 0 Å². The molecule has 0 spiro atoms. The molecular weight excluding hydrogens is 256 g/mol. The standard InChI is InChI=1S/C19H30N2/c1-4-20-16-12-18-6-5-7-19(13-16)21(18)17-10-8-15(9-11-17)14(2)3/h8-11,14,16,18-20H,4-7,12-13H2,1-3H3. The highest BCUT2D eigenvalue weighted by molar-refractivity contribution is 5.51. The molecular formula is C19H30N2. The van der Waals surface area contributed by atoms with Crippen LogP contribution < -0.4 is 10.2 Å². The Labute approximate surface area is 129 Å². The summed E-state index contributed by atoms with van der Waals surface area (Å²) in [4.78, 5) is 2.74. The summed E-state index contributed by atoms with van der Waals surface area (Å²) in [6.45, 7) is 7.87. The first-order valence-electron chi connectivity index (χ1n) is 8.80. The molecule has 0 aromatic heterocycles. The summed E-state index contributed by atoms with van der Waals surface area (Å²) in [6, 6.07) is 11.6. The SMILES string of the molecule is CCNC1CC2CCCC(C1)N2c1ccc(C(C)C)cc1. The van der Waals surface area contributed by atoms with Crippen molar-refractivity contribution in [3.63, 3.8) is 0 Å². The highest BCUT2D eigenvalue weighted by atomic mass is 15.2. The third-order valence-corrected chi connectivity index (χ3v) is 5.33. The van der Waals surface area contributed by atoms with Crippen LogP contribution in [-0.4, -0.2) is 24.7 Å². The van der Waals surface area contributed by atoms with Crippen LogP contribution in [0.2, 0.25) is 0 Å². The molecule has 3 rings (SSSR count). The molecule has 2 heteroatoms. The zero-order valence-corrected chi connectivity index (χ0v) is 13.8. The van der Waals surface area contributed by atoms with Gasteiger partial charge < -0.3 is 10.2 Å². The van der Waals surface area contributed by atoms with E-state index >= 15 is 0 Å². The zero-order chi connectivity index (χ0) is 14.8. The van der Waals surface area contributed by atoms with Crippen molar-refractivity contribution in [2.24, 2.45) is 0 Å². The van der Waals surface area contributed by atoms with E-state index in [9.17, 15) is 0 Å². The van der Waals surface area contributed by atoms with E-state index in [0.717, 1.165) is 24.7 Å².